The van der Waals surface area contributed by atoms with E-state index in [4.69, 9.17) is 31.6 Å². The Balaban J connectivity index is -0.000000494. The number of benzene rings is 4. The monoisotopic (exact) mass is 674 g/mol. The Bertz CT molecular complexity index is 1260. The van der Waals surface area contributed by atoms with E-state index in [-0.39, 0.29) is 132 Å². The van der Waals surface area contributed by atoms with Crippen LogP contribution in [-0.2, 0) is 9.68 Å². The molecular formula is C25H22BBrF4K2N2O5. The van der Waals surface area contributed by atoms with Crippen LogP contribution in [0.15, 0.2) is 89.4 Å². The van der Waals surface area contributed by atoms with E-state index in [2.05, 4.69) is 20.8 Å². The summed E-state index contributed by atoms with van der Waals surface area (Å²) in [6.45, 7) is -0.181. The Labute approximate surface area is 323 Å². The summed E-state index contributed by atoms with van der Waals surface area (Å²) in [5, 5.41) is 25.6. The van der Waals surface area contributed by atoms with Gasteiger partial charge in [0.25, 0.3) is 6.47 Å². The molecule has 0 radical (unpaired) electrons. The molecule has 7 nitrogen and oxygen atoms in total. The third-order valence-corrected chi connectivity index (χ3v) is 4.96. The number of hydrogen-bond donors (Lipinski definition) is 4. The molecule has 0 spiro atoms. The molecule has 4 aromatic rings. The minimum absolute atomic E-state index is 0. The molecule has 4 rings (SSSR count). The van der Waals surface area contributed by atoms with Gasteiger partial charge in [-0.15, -0.1) is 0 Å². The van der Waals surface area contributed by atoms with E-state index < -0.39 is 30.4 Å². The summed E-state index contributed by atoms with van der Waals surface area (Å²) in [5.41, 5.74) is 11.3. The summed E-state index contributed by atoms with van der Waals surface area (Å²) < 4.78 is 51.6. The molecule has 0 aliphatic heterocycles. The molecule has 40 heavy (non-hydrogen) atoms. The first-order valence-corrected chi connectivity index (χ1v) is 11.1. The van der Waals surface area contributed by atoms with Crippen LogP contribution in [0.1, 0.15) is 1.43 Å². The smallest absolute Gasteiger partial charge is 1.00 e. The van der Waals surface area contributed by atoms with Gasteiger partial charge in [0, 0.05) is 17.7 Å². The topological polar surface area (TPSA) is 142 Å². The van der Waals surface area contributed by atoms with E-state index in [1.807, 2.05) is 12.1 Å². The van der Waals surface area contributed by atoms with Gasteiger partial charge in [0.05, 0.1) is 15.8 Å². The van der Waals surface area contributed by atoms with Crippen molar-refractivity contribution in [3.63, 3.8) is 0 Å². The average Bonchev–Trinajstić information content (AvgIpc) is 2.91. The summed E-state index contributed by atoms with van der Waals surface area (Å²) in [5.74, 6) is -2.29. The summed E-state index contributed by atoms with van der Waals surface area (Å²) in [6, 6.07) is 21.5. The number of nitrogens with two attached hydrogens (primary N) is 2. The molecule has 4 aromatic carbocycles. The SMILES string of the molecule is Nc1cc(F)c(-c2ccccc2)cc1F.Nc1cc(F)c(Br)cc1F.O=CO[O-].OB(O)c1ccccc1.[H-].[K+].[K+]. The number of anilines is 2. The van der Waals surface area contributed by atoms with Crippen molar-refractivity contribution in [3.8, 4) is 11.1 Å². The first kappa shape index (κ1) is 41.5. The summed E-state index contributed by atoms with van der Waals surface area (Å²) in [4.78, 5) is 11.2. The van der Waals surface area contributed by atoms with Crippen molar-refractivity contribution in [1.29, 1.82) is 0 Å². The molecule has 0 aromatic heterocycles. The zero-order chi connectivity index (χ0) is 28.7. The molecule has 0 unspecified atom stereocenters. The van der Waals surface area contributed by atoms with Crippen LogP contribution in [0.5, 0.6) is 0 Å². The minimum atomic E-state index is -1.34. The van der Waals surface area contributed by atoms with Crippen molar-refractivity contribution in [2.75, 3.05) is 11.5 Å². The molecular weight excluding hydrogens is 653 g/mol. The standard InChI is InChI=1S/C12H9F2N.C6H7BO2.C6H4BrF2N.CH2O3.2K.H/c13-10-7-12(15)11(14)6-9(10)8-4-2-1-3-5-8;8-7(9)6-4-2-1-3-5-6;7-3-1-5(9)6(10)2-4(3)8;2-1-4-3;;;/h1-7H,15H2;1-5,8-9H;1-2H,10H2;1,3H;;;/q;;;;2*+1;-1/p-1. The molecule has 0 aliphatic rings. The molecule has 0 heterocycles. The van der Waals surface area contributed by atoms with E-state index in [1.54, 1.807) is 48.5 Å². The second kappa shape index (κ2) is 22.9. The van der Waals surface area contributed by atoms with E-state index >= 15 is 0 Å². The number of halogens is 5. The molecule has 0 amide bonds. The largest absolute Gasteiger partial charge is 1.00 e. The number of carbonyl (C=O) groups is 1. The second-order valence-electron chi connectivity index (χ2n) is 6.98. The Morgan fingerprint density at radius 2 is 1.20 bits per heavy atom. The Morgan fingerprint density at radius 3 is 1.60 bits per heavy atom. The molecule has 15 heteroatoms. The van der Waals surface area contributed by atoms with Gasteiger partial charge in [-0.2, -0.15) is 0 Å². The predicted octanol–water partition coefficient (Wildman–Crippen LogP) is -2.55. The van der Waals surface area contributed by atoms with Gasteiger partial charge in [-0.1, -0.05) is 60.7 Å². The van der Waals surface area contributed by atoms with Crippen molar-refractivity contribution in [3.05, 3.63) is 113 Å². The van der Waals surface area contributed by atoms with Crippen LogP contribution in [0.25, 0.3) is 11.1 Å². The number of rotatable bonds is 3. The predicted molar refractivity (Wildman–Crippen MR) is 139 cm³/mol. The zero-order valence-corrected chi connectivity index (χ0v) is 29.2. The first-order chi connectivity index (χ1) is 18.0. The van der Waals surface area contributed by atoms with Crippen molar-refractivity contribution < 1.29 is 147 Å². The van der Waals surface area contributed by atoms with Crippen LogP contribution in [0.4, 0.5) is 28.9 Å². The van der Waals surface area contributed by atoms with E-state index in [0.29, 0.717) is 11.0 Å². The van der Waals surface area contributed by atoms with Crippen LogP contribution in [0.2, 0.25) is 0 Å². The van der Waals surface area contributed by atoms with Gasteiger partial charge in [0.1, 0.15) is 23.3 Å². The molecule has 6 N–H and O–H groups in total. The van der Waals surface area contributed by atoms with Gasteiger partial charge in [0.15, 0.2) is 0 Å². The van der Waals surface area contributed by atoms with Crippen LogP contribution in [0.3, 0.4) is 0 Å². The molecule has 0 aliphatic carbocycles. The van der Waals surface area contributed by atoms with Crippen molar-refractivity contribution in [1.82, 2.24) is 0 Å². The molecule has 0 bridgehead atoms. The second-order valence-corrected chi connectivity index (χ2v) is 7.84. The number of nitrogen functional groups attached to an aromatic ring is 2. The van der Waals surface area contributed by atoms with Crippen molar-refractivity contribution in [2.24, 2.45) is 0 Å². The maximum atomic E-state index is 13.5. The van der Waals surface area contributed by atoms with Crippen LogP contribution in [-0.4, -0.2) is 23.6 Å². The van der Waals surface area contributed by atoms with Gasteiger partial charge in [-0.3, -0.25) is 4.79 Å². The zero-order valence-electron chi connectivity index (χ0n) is 22.4. The summed E-state index contributed by atoms with van der Waals surface area (Å²) in [6.07, 6.45) is 0. The van der Waals surface area contributed by atoms with E-state index in [9.17, 15) is 17.6 Å². The maximum Gasteiger partial charge on any atom is 1.00 e. The fourth-order valence-corrected chi connectivity index (χ4v) is 2.88. The summed E-state index contributed by atoms with van der Waals surface area (Å²) >= 11 is 2.81. The quantitative estimate of drug-likeness (QED) is 0.0357. The van der Waals surface area contributed by atoms with Crippen LogP contribution in [0, 0.1) is 23.3 Å². The average molecular weight is 675 g/mol. The fraction of sp³-hybridized carbons (Fsp3) is 0. The molecule has 0 fully saturated rings. The Kier molecular flexibility index (Phi) is 23.8. The van der Waals surface area contributed by atoms with Gasteiger partial charge in [-0.05, 0) is 39.1 Å². The van der Waals surface area contributed by atoms with Gasteiger partial charge in [0.2, 0.25) is 0 Å². The van der Waals surface area contributed by atoms with Gasteiger partial charge >= 0.3 is 110 Å². The fourth-order valence-electron chi connectivity index (χ4n) is 2.56. The number of carbonyl (C=O) groups excluding carboxylic acids is 1. The maximum absolute atomic E-state index is 13.5. The van der Waals surface area contributed by atoms with Crippen LogP contribution < -0.4 is 125 Å². The first-order valence-electron chi connectivity index (χ1n) is 10.3. The van der Waals surface area contributed by atoms with Crippen LogP contribution >= 0.6 is 15.9 Å². The van der Waals surface area contributed by atoms with Crippen molar-refractivity contribution >= 4 is 46.4 Å². The summed E-state index contributed by atoms with van der Waals surface area (Å²) in [7, 11) is -1.34. The third-order valence-electron chi connectivity index (χ3n) is 4.35. The molecule has 0 saturated heterocycles. The van der Waals surface area contributed by atoms with Crippen molar-refractivity contribution in [2.45, 2.75) is 0 Å². The van der Waals surface area contributed by atoms with E-state index in [0.717, 1.165) is 24.3 Å². The third kappa shape index (κ3) is 15.6. The normalized spacial score (nSPS) is 8.90. The number of hydrogen-bond acceptors (Lipinski definition) is 7. The van der Waals surface area contributed by atoms with Gasteiger partial charge < -0.3 is 33.1 Å². The van der Waals surface area contributed by atoms with Gasteiger partial charge in [-0.25, -0.2) is 17.6 Å². The van der Waals surface area contributed by atoms with E-state index in [1.165, 1.54) is 0 Å². The Morgan fingerprint density at radius 1 is 0.775 bits per heavy atom. The molecule has 0 saturated carbocycles. The molecule has 0 atom stereocenters. The Hall–Kier alpha value is -0.632. The minimum Gasteiger partial charge on any atom is -1.00 e. The molecule has 202 valence electrons.